The largest absolute Gasteiger partial charge is 0.378 e. The fourth-order valence-electron chi connectivity index (χ4n) is 4.57. The van der Waals surface area contributed by atoms with Gasteiger partial charge in [0.25, 0.3) is 0 Å². The molecule has 148 valence electrons. The zero-order valence-corrected chi connectivity index (χ0v) is 16.9. The molecule has 0 aliphatic carbocycles. The lowest BCUT2D eigenvalue weighted by Crippen LogP contribution is -2.49. The first kappa shape index (κ1) is 19.9. The van der Waals surface area contributed by atoms with Crippen molar-refractivity contribution in [2.75, 3.05) is 70.5 Å². The molecule has 1 N–H and O–H groups in total. The number of rotatable bonds is 4. The van der Waals surface area contributed by atoms with E-state index in [2.05, 4.69) is 38.7 Å². The lowest BCUT2D eigenvalue weighted by molar-refractivity contribution is 0.122. The highest BCUT2D eigenvalue weighted by Gasteiger charge is 2.30. The molecule has 4 heterocycles. The van der Waals surface area contributed by atoms with Gasteiger partial charge >= 0.3 is 0 Å². The lowest BCUT2D eigenvalue weighted by Gasteiger charge is -2.33. The van der Waals surface area contributed by atoms with Crippen LogP contribution in [-0.4, -0.2) is 91.2 Å². The third kappa shape index (κ3) is 4.17. The van der Waals surface area contributed by atoms with E-state index in [1.54, 1.807) is 0 Å². The molecule has 0 bridgehead atoms. The average molecular weight is 385 g/mol. The molecule has 4 rings (SSSR count). The number of aryl methyl sites for hydroxylation is 2. The van der Waals surface area contributed by atoms with E-state index in [0.717, 1.165) is 52.0 Å². The summed E-state index contributed by atoms with van der Waals surface area (Å²) in [5.74, 6) is 1.30. The highest BCUT2D eigenvalue weighted by Crippen LogP contribution is 2.27. The monoisotopic (exact) mass is 384 g/mol. The fraction of sp³-hybridized carbons (Fsp3) is 0.833. The maximum absolute atomic E-state index is 5.53. The molecule has 3 aliphatic rings. The second-order valence-corrected chi connectivity index (χ2v) is 7.57. The van der Waals surface area contributed by atoms with Crippen LogP contribution >= 0.6 is 12.4 Å². The van der Waals surface area contributed by atoms with Crippen LogP contribution in [0.3, 0.4) is 0 Å². The molecular formula is C18H33ClN6O. The minimum absolute atomic E-state index is 0. The van der Waals surface area contributed by atoms with Gasteiger partial charge in [-0.05, 0) is 13.3 Å². The summed E-state index contributed by atoms with van der Waals surface area (Å²) in [5, 5.41) is 8.19. The van der Waals surface area contributed by atoms with Gasteiger partial charge in [0, 0.05) is 77.6 Å². The summed E-state index contributed by atoms with van der Waals surface area (Å²) in [7, 11) is 2.08. The molecule has 26 heavy (non-hydrogen) atoms. The van der Waals surface area contributed by atoms with E-state index in [1.165, 1.54) is 49.7 Å². The molecule has 1 unspecified atom stereocenters. The molecule has 7 nitrogen and oxygen atoms in total. The number of hydrogen-bond donors (Lipinski definition) is 1. The quantitative estimate of drug-likeness (QED) is 0.814. The summed E-state index contributed by atoms with van der Waals surface area (Å²) in [5.41, 5.74) is 2.58. The summed E-state index contributed by atoms with van der Waals surface area (Å²) < 4.78 is 7.60. The van der Waals surface area contributed by atoms with Gasteiger partial charge in [0.15, 0.2) is 0 Å². The highest BCUT2D eigenvalue weighted by molar-refractivity contribution is 5.85. The van der Waals surface area contributed by atoms with E-state index in [4.69, 9.17) is 9.84 Å². The maximum Gasteiger partial charge on any atom is 0.131 e. The Morgan fingerprint density at radius 1 is 1.12 bits per heavy atom. The standard InChI is InChI=1S/C18H32N6O.ClH/c1-15-17(18(21(2)20-15)24-9-11-25-12-10-24)14-22-6-3-16(13-22)23-7-4-19-5-8-23;/h16,19H,3-14H2,1-2H3;1H. The number of piperazine rings is 1. The molecule has 3 aliphatic heterocycles. The molecule has 1 atom stereocenters. The van der Waals surface area contributed by atoms with Crippen molar-refractivity contribution in [1.29, 1.82) is 0 Å². The minimum atomic E-state index is 0. The first-order valence-corrected chi connectivity index (χ1v) is 9.74. The molecule has 3 fully saturated rings. The fourth-order valence-corrected chi connectivity index (χ4v) is 4.57. The van der Waals surface area contributed by atoms with E-state index in [-0.39, 0.29) is 12.4 Å². The first-order chi connectivity index (χ1) is 12.2. The van der Waals surface area contributed by atoms with Gasteiger partial charge < -0.3 is 15.0 Å². The maximum atomic E-state index is 5.53. The number of hydrogen-bond acceptors (Lipinski definition) is 6. The third-order valence-electron chi connectivity index (χ3n) is 5.92. The zero-order valence-electron chi connectivity index (χ0n) is 16.1. The van der Waals surface area contributed by atoms with Crippen LogP contribution in [0, 0.1) is 6.92 Å². The van der Waals surface area contributed by atoms with E-state index in [1.807, 2.05) is 0 Å². The van der Waals surface area contributed by atoms with E-state index >= 15 is 0 Å². The predicted octanol–water partition coefficient (Wildman–Crippen LogP) is 0.466. The second-order valence-electron chi connectivity index (χ2n) is 7.57. The van der Waals surface area contributed by atoms with Crippen LogP contribution in [0.5, 0.6) is 0 Å². The Bertz CT molecular complexity index is 582. The number of halogens is 1. The predicted molar refractivity (Wildman–Crippen MR) is 106 cm³/mol. The van der Waals surface area contributed by atoms with Crippen LogP contribution in [-0.2, 0) is 18.3 Å². The summed E-state index contributed by atoms with van der Waals surface area (Å²) >= 11 is 0. The molecule has 1 aromatic rings. The topological polar surface area (TPSA) is 48.8 Å². The van der Waals surface area contributed by atoms with Gasteiger partial charge in [-0.2, -0.15) is 5.10 Å². The number of nitrogens with zero attached hydrogens (tertiary/aromatic N) is 5. The Balaban J connectivity index is 0.00000196. The molecular weight excluding hydrogens is 352 g/mol. The van der Waals surface area contributed by atoms with Crippen LogP contribution in [0.4, 0.5) is 5.82 Å². The smallest absolute Gasteiger partial charge is 0.131 e. The van der Waals surface area contributed by atoms with Crippen molar-refractivity contribution in [1.82, 2.24) is 24.9 Å². The SMILES string of the molecule is Cc1nn(C)c(N2CCOCC2)c1CN1CCC(N2CCNCC2)C1.Cl. The van der Waals surface area contributed by atoms with Gasteiger partial charge in [0.2, 0.25) is 0 Å². The number of anilines is 1. The Morgan fingerprint density at radius 2 is 1.85 bits per heavy atom. The average Bonchev–Trinajstić information content (AvgIpc) is 3.21. The van der Waals surface area contributed by atoms with Crippen LogP contribution < -0.4 is 10.2 Å². The van der Waals surface area contributed by atoms with Gasteiger partial charge in [0.05, 0.1) is 18.9 Å². The van der Waals surface area contributed by atoms with E-state index in [0.29, 0.717) is 0 Å². The highest BCUT2D eigenvalue weighted by atomic mass is 35.5. The Kier molecular flexibility index (Phi) is 6.80. The number of nitrogens with one attached hydrogen (secondary N) is 1. The van der Waals surface area contributed by atoms with E-state index in [9.17, 15) is 0 Å². The molecule has 3 saturated heterocycles. The normalized spacial score (nSPS) is 25.5. The molecule has 0 spiro atoms. The molecule has 0 saturated carbocycles. The minimum Gasteiger partial charge on any atom is -0.378 e. The Morgan fingerprint density at radius 3 is 2.58 bits per heavy atom. The summed E-state index contributed by atoms with van der Waals surface area (Å²) in [4.78, 5) is 7.75. The van der Waals surface area contributed by atoms with E-state index < -0.39 is 0 Å². The van der Waals surface area contributed by atoms with Crippen molar-refractivity contribution in [3.8, 4) is 0 Å². The van der Waals surface area contributed by atoms with Crippen molar-refractivity contribution in [2.45, 2.75) is 25.9 Å². The Hall–Kier alpha value is -0.860. The van der Waals surface area contributed by atoms with Crippen molar-refractivity contribution < 1.29 is 4.74 Å². The van der Waals surface area contributed by atoms with Crippen LogP contribution in [0.2, 0.25) is 0 Å². The molecule has 1 aromatic heterocycles. The van der Waals surface area contributed by atoms with Crippen LogP contribution in [0.15, 0.2) is 0 Å². The third-order valence-corrected chi connectivity index (χ3v) is 5.92. The van der Waals surface area contributed by atoms with Gasteiger partial charge in [-0.1, -0.05) is 0 Å². The lowest BCUT2D eigenvalue weighted by atomic mass is 10.2. The second kappa shape index (κ2) is 8.89. The van der Waals surface area contributed by atoms with Gasteiger partial charge in [-0.25, -0.2) is 0 Å². The first-order valence-electron chi connectivity index (χ1n) is 9.74. The number of morpholine rings is 1. The molecule has 8 heteroatoms. The Labute approximate surface area is 163 Å². The number of likely N-dealkylation sites (tertiary alicyclic amines) is 1. The van der Waals surface area contributed by atoms with Crippen molar-refractivity contribution in [3.63, 3.8) is 0 Å². The summed E-state index contributed by atoms with van der Waals surface area (Å²) in [6.07, 6.45) is 1.30. The molecule has 0 radical (unpaired) electrons. The molecule has 0 aromatic carbocycles. The summed E-state index contributed by atoms with van der Waals surface area (Å²) in [6, 6.07) is 0.728. The van der Waals surface area contributed by atoms with Gasteiger partial charge in [-0.3, -0.25) is 14.5 Å². The van der Waals surface area contributed by atoms with Gasteiger partial charge in [-0.15, -0.1) is 12.4 Å². The zero-order chi connectivity index (χ0) is 17.2. The number of ether oxygens (including phenoxy) is 1. The van der Waals surface area contributed by atoms with Crippen molar-refractivity contribution in [2.24, 2.45) is 7.05 Å². The number of aromatic nitrogens is 2. The van der Waals surface area contributed by atoms with Crippen molar-refractivity contribution in [3.05, 3.63) is 11.3 Å². The van der Waals surface area contributed by atoms with Crippen LogP contribution in [0.1, 0.15) is 17.7 Å². The van der Waals surface area contributed by atoms with Crippen molar-refractivity contribution >= 4 is 18.2 Å². The van der Waals surface area contributed by atoms with Gasteiger partial charge in [0.1, 0.15) is 5.82 Å². The van der Waals surface area contributed by atoms with Crippen LogP contribution in [0.25, 0.3) is 0 Å². The molecule has 0 amide bonds. The summed E-state index contributed by atoms with van der Waals surface area (Å²) in [6.45, 7) is 13.8.